The van der Waals surface area contributed by atoms with E-state index in [-0.39, 0.29) is 17.9 Å². The van der Waals surface area contributed by atoms with Gasteiger partial charge in [0.2, 0.25) is 5.91 Å². The van der Waals surface area contributed by atoms with E-state index in [0.29, 0.717) is 0 Å². The van der Waals surface area contributed by atoms with Crippen LogP contribution in [0.1, 0.15) is 6.42 Å². The molecule has 1 aliphatic rings. The van der Waals surface area contributed by atoms with Crippen LogP contribution in [0.15, 0.2) is 0 Å². The van der Waals surface area contributed by atoms with Crippen LogP contribution in [-0.4, -0.2) is 56.0 Å². The SMILES string of the molecule is CN1CCC(N)C(C(=O)N(C)C)C1. The predicted octanol–water partition coefficient (Wildman–Crippen LogP) is -0.646. The third kappa shape index (κ3) is 2.42. The molecule has 0 aromatic heterocycles. The smallest absolute Gasteiger partial charge is 0.228 e. The zero-order chi connectivity index (χ0) is 10.0. The minimum Gasteiger partial charge on any atom is -0.348 e. The van der Waals surface area contributed by atoms with Gasteiger partial charge in [-0.25, -0.2) is 0 Å². The largest absolute Gasteiger partial charge is 0.348 e. The van der Waals surface area contributed by atoms with E-state index in [2.05, 4.69) is 4.90 Å². The first kappa shape index (κ1) is 10.5. The van der Waals surface area contributed by atoms with Crippen molar-refractivity contribution in [2.75, 3.05) is 34.2 Å². The lowest BCUT2D eigenvalue weighted by Crippen LogP contribution is -2.51. The molecule has 1 aliphatic heterocycles. The average Bonchev–Trinajstić information content (AvgIpc) is 2.08. The van der Waals surface area contributed by atoms with Crippen LogP contribution in [0.2, 0.25) is 0 Å². The van der Waals surface area contributed by atoms with Crippen LogP contribution in [0.4, 0.5) is 0 Å². The fourth-order valence-electron chi connectivity index (χ4n) is 1.73. The summed E-state index contributed by atoms with van der Waals surface area (Å²) >= 11 is 0. The predicted molar refractivity (Wildman–Crippen MR) is 52.3 cm³/mol. The van der Waals surface area contributed by atoms with Crippen molar-refractivity contribution < 1.29 is 4.79 Å². The maximum atomic E-state index is 11.7. The summed E-state index contributed by atoms with van der Waals surface area (Å²) in [7, 11) is 5.59. The molecule has 0 radical (unpaired) electrons. The van der Waals surface area contributed by atoms with Gasteiger partial charge in [-0.1, -0.05) is 0 Å². The maximum absolute atomic E-state index is 11.7. The molecule has 4 heteroatoms. The Labute approximate surface area is 79.7 Å². The van der Waals surface area contributed by atoms with Crippen LogP contribution in [0, 0.1) is 5.92 Å². The van der Waals surface area contributed by atoms with Crippen LogP contribution in [0.3, 0.4) is 0 Å². The van der Waals surface area contributed by atoms with E-state index in [9.17, 15) is 4.79 Å². The minimum absolute atomic E-state index is 0.0197. The van der Waals surface area contributed by atoms with Gasteiger partial charge in [-0.3, -0.25) is 4.79 Å². The average molecular weight is 185 g/mol. The van der Waals surface area contributed by atoms with E-state index in [0.717, 1.165) is 19.5 Å². The molecular formula is C9H19N3O. The van der Waals surface area contributed by atoms with E-state index in [1.165, 1.54) is 0 Å². The number of nitrogens with zero attached hydrogens (tertiary/aromatic N) is 2. The molecule has 2 N–H and O–H groups in total. The van der Waals surface area contributed by atoms with E-state index in [1.54, 1.807) is 19.0 Å². The lowest BCUT2D eigenvalue weighted by atomic mass is 9.92. The summed E-state index contributed by atoms with van der Waals surface area (Å²) in [6, 6.07) is 0.0334. The van der Waals surface area contributed by atoms with Crippen LogP contribution in [0.25, 0.3) is 0 Å². The van der Waals surface area contributed by atoms with Crippen molar-refractivity contribution in [2.45, 2.75) is 12.5 Å². The standard InChI is InChI=1S/C9H19N3O/c1-11(2)9(13)7-6-12(3)5-4-8(7)10/h7-8H,4-6,10H2,1-3H3. The molecular weight excluding hydrogens is 166 g/mol. The Morgan fingerprint density at radius 1 is 1.54 bits per heavy atom. The van der Waals surface area contributed by atoms with Gasteiger partial charge in [-0.05, 0) is 20.0 Å². The summed E-state index contributed by atoms with van der Waals surface area (Å²) in [5.74, 6) is 0.132. The second-order valence-corrected chi connectivity index (χ2v) is 4.05. The highest BCUT2D eigenvalue weighted by Gasteiger charge is 2.31. The molecule has 1 heterocycles. The Bertz CT molecular complexity index is 193. The van der Waals surface area contributed by atoms with Gasteiger partial charge in [0, 0.05) is 26.7 Å². The first-order chi connectivity index (χ1) is 6.02. The first-order valence-corrected chi connectivity index (χ1v) is 4.67. The molecule has 2 unspecified atom stereocenters. The molecule has 0 aromatic rings. The molecule has 4 nitrogen and oxygen atoms in total. The minimum atomic E-state index is -0.0197. The van der Waals surface area contributed by atoms with Gasteiger partial charge in [0.05, 0.1) is 5.92 Å². The number of likely N-dealkylation sites (tertiary alicyclic amines) is 1. The summed E-state index contributed by atoms with van der Waals surface area (Å²) in [6.45, 7) is 1.79. The van der Waals surface area contributed by atoms with Crippen molar-refractivity contribution in [3.8, 4) is 0 Å². The molecule has 0 spiro atoms. The summed E-state index contributed by atoms with van der Waals surface area (Å²) in [4.78, 5) is 15.5. The van der Waals surface area contributed by atoms with Crippen molar-refractivity contribution in [1.82, 2.24) is 9.80 Å². The normalized spacial score (nSPS) is 30.2. The van der Waals surface area contributed by atoms with Crippen LogP contribution >= 0.6 is 0 Å². The highest BCUT2D eigenvalue weighted by molar-refractivity contribution is 5.79. The number of carbonyl (C=O) groups is 1. The van der Waals surface area contributed by atoms with Crippen LogP contribution in [0.5, 0.6) is 0 Å². The van der Waals surface area contributed by atoms with Gasteiger partial charge in [-0.2, -0.15) is 0 Å². The molecule has 2 atom stereocenters. The summed E-state index contributed by atoms with van der Waals surface area (Å²) in [6.07, 6.45) is 0.917. The molecule has 1 rings (SSSR count). The first-order valence-electron chi connectivity index (χ1n) is 4.67. The van der Waals surface area contributed by atoms with Crippen LogP contribution < -0.4 is 5.73 Å². The number of rotatable bonds is 1. The van der Waals surface area contributed by atoms with Crippen molar-refractivity contribution in [3.05, 3.63) is 0 Å². The second-order valence-electron chi connectivity index (χ2n) is 4.05. The van der Waals surface area contributed by atoms with Gasteiger partial charge in [-0.15, -0.1) is 0 Å². The van der Waals surface area contributed by atoms with E-state index >= 15 is 0 Å². The van der Waals surface area contributed by atoms with Gasteiger partial charge in [0.25, 0.3) is 0 Å². The molecule has 0 bridgehead atoms. The topological polar surface area (TPSA) is 49.6 Å². The van der Waals surface area contributed by atoms with Crippen molar-refractivity contribution in [3.63, 3.8) is 0 Å². The molecule has 0 aliphatic carbocycles. The van der Waals surface area contributed by atoms with E-state index < -0.39 is 0 Å². The fourth-order valence-corrected chi connectivity index (χ4v) is 1.73. The van der Waals surface area contributed by atoms with Crippen molar-refractivity contribution >= 4 is 5.91 Å². The van der Waals surface area contributed by atoms with Gasteiger partial charge in [0.1, 0.15) is 0 Å². The van der Waals surface area contributed by atoms with Crippen molar-refractivity contribution in [2.24, 2.45) is 11.7 Å². The third-order valence-corrected chi connectivity index (χ3v) is 2.63. The molecule has 1 amide bonds. The summed E-state index contributed by atoms with van der Waals surface area (Å²) in [5, 5.41) is 0. The zero-order valence-corrected chi connectivity index (χ0v) is 8.66. The van der Waals surface area contributed by atoms with Gasteiger partial charge >= 0.3 is 0 Å². The fraction of sp³-hybridized carbons (Fsp3) is 0.889. The monoisotopic (exact) mass is 185 g/mol. The van der Waals surface area contributed by atoms with E-state index in [4.69, 9.17) is 5.73 Å². The second kappa shape index (κ2) is 4.07. The number of carbonyl (C=O) groups excluding carboxylic acids is 1. The number of hydrogen-bond donors (Lipinski definition) is 1. The maximum Gasteiger partial charge on any atom is 0.228 e. The highest BCUT2D eigenvalue weighted by Crippen LogP contribution is 2.15. The Morgan fingerprint density at radius 3 is 2.69 bits per heavy atom. The molecule has 1 fully saturated rings. The molecule has 13 heavy (non-hydrogen) atoms. The number of piperidine rings is 1. The highest BCUT2D eigenvalue weighted by atomic mass is 16.2. The van der Waals surface area contributed by atoms with Crippen molar-refractivity contribution in [1.29, 1.82) is 0 Å². The zero-order valence-electron chi connectivity index (χ0n) is 8.66. The van der Waals surface area contributed by atoms with Gasteiger partial charge in [0.15, 0.2) is 0 Å². The molecule has 0 aromatic carbocycles. The Balaban J connectivity index is 2.60. The summed E-state index contributed by atoms with van der Waals surface area (Å²) in [5.41, 5.74) is 5.91. The van der Waals surface area contributed by atoms with Gasteiger partial charge < -0.3 is 15.5 Å². The Kier molecular flexibility index (Phi) is 3.27. The molecule has 0 saturated carbocycles. The summed E-state index contributed by atoms with van der Waals surface area (Å²) < 4.78 is 0. The number of hydrogen-bond acceptors (Lipinski definition) is 3. The number of nitrogens with two attached hydrogens (primary N) is 1. The molecule has 1 saturated heterocycles. The molecule has 76 valence electrons. The quantitative estimate of drug-likeness (QED) is 0.591. The third-order valence-electron chi connectivity index (χ3n) is 2.63. The lowest BCUT2D eigenvalue weighted by Gasteiger charge is -2.34. The number of amides is 1. The Hall–Kier alpha value is -0.610. The van der Waals surface area contributed by atoms with E-state index in [1.807, 2.05) is 7.05 Å². The van der Waals surface area contributed by atoms with Crippen LogP contribution in [-0.2, 0) is 4.79 Å². The Morgan fingerprint density at radius 2 is 2.15 bits per heavy atom. The lowest BCUT2D eigenvalue weighted by molar-refractivity contribution is -0.135.